The molecule has 1 unspecified atom stereocenters. The summed E-state index contributed by atoms with van der Waals surface area (Å²) in [6.45, 7) is 12.6. The van der Waals surface area contributed by atoms with E-state index in [9.17, 15) is 4.79 Å². The molecule has 1 N–H and O–H groups in total. The molecule has 0 saturated carbocycles. The number of fused-ring (bicyclic) bond motifs is 1. The highest BCUT2D eigenvalue weighted by molar-refractivity contribution is 6.32. The Bertz CT molecular complexity index is 1060. The number of hydrogen-bond donors (Lipinski definition) is 1. The summed E-state index contributed by atoms with van der Waals surface area (Å²) in [7, 11) is 0. The zero-order valence-corrected chi connectivity index (χ0v) is 18.7. The lowest BCUT2D eigenvalue weighted by Gasteiger charge is -2.17. The van der Waals surface area contributed by atoms with Crippen LogP contribution in [-0.2, 0) is 11.3 Å². The number of aromatic nitrogens is 2. The van der Waals surface area contributed by atoms with E-state index in [2.05, 4.69) is 16.5 Å². The summed E-state index contributed by atoms with van der Waals surface area (Å²) in [4.78, 5) is 16.8. The molecule has 0 bridgehead atoms. The van der Waals surface area contributed by atoms with Gasteiger partial charge in [-0.1, -0.05) is 30.3 Å². The van der Waals surface area contributed by atoms with Crippen LogP contribution >= 0.6 is 11.6 Å². The molecule has 0 radical (unpaired) electrons. The van der Waals surface area contributed by atoms with Crippen LogP contribution in [0, 0.1) is 13.8 Å². The molecule has 1 atom stereocenters. The van der Waals surface area contributed by atoms with Crippen LogP contribution in [0.4, 0.5) is 0 Å². The van der Waals surface area contributed by atoms with Gasteiger partial charge in [0.25, 0.3) is 0 Å². The molecule has 1 aromatic heterocycles. The molecule has 1 amide bonds. The van der Waals surface area contributed by atoms with Crippen LogP contribution in [-0.4, -0.2) is 22.1 Å². The number of halogens is 1. The summed E-state index contributed by atoms with van der Waals surface area (Å²) < 4.78 is 8.11. The summed E-state index contributed by atoms with van der Waals surface area (Å²) in [5, 5.41) is 3.75. The van der Waals surface area contributed by atoms with E-state index in [1.807, 2.05) is 57.2 Å². The molecule has 2 aromatic carbocycles. The Morgan fingerprint density at radius 1 is 1.27 bits per heavy atom. The minimum absolute atomic E-state index is 0.169. The van der Waals surface area contributed by atoms with E-state index < -0.39 is 0 Å². The van der Waals surface area contributed by atoms with Gasteiger partial charge in [0.2, 0.25) is 5.91 Å². The van der Waals surface area contributed by atoms with E-state index in [0.717, 1.165) is 51.7 Å². The number of hydrogen-bond acceptors (Lipinski definition) is 3. The van der Waals surface area contributed by atoms with E-state index >= 15 is 0 Å². The predicted octanol–water partition coefficient (Wildman–Crippen LogP) is 5.53. The fourth-order valence-electron chi connectivity index (χ4n) is 3.45. The van der Waals surface area contributed by atoms with Gasteiger partial charge in [-0.25, -0.2) is 4.98 Å². The molecular formula is C24H28ClN3O2. The van der Waals surface area contributed by atoms with E-state index in [4.69, 9.17) is 21.3 Å². The zero-order valence-electron chi connectivity index (χ0n) is 18.0. The molecule has 0 aliphatic carbocycles. The second kappa shape index (κ2) is 9.35. The van der Waals surface area contributed by atoms with Crippen LogP contribution in [0.2, 0.25) is 5.02 Å². The molecule has 1 heterocycles. The maximum atomic E-state index is 12.1. The van der Waals surface area contributed by atoms with Crippen molar-refractivity contribution in [3.05, 3.63) is 70.5 Å². The van der Waals surface area contributed by atoms with Gasteiger partial charge < -0.3 is 14.6 Å². The zero-order chi connectivity index (χ0) is 21.8. The highest BCUT2D eigenvalue weighted by atomic mass is 35.5. The van der Waals surface area contributed by atoms with Crippen molar-refractivity contribution in [2.24, 2.45) is 0 Å². The molecule has 0 spiro atoms. The summed E-state index contributed by atoms with van der Waals surface area (Å²) >= 11 is 6.24. The van der Waals surface area contributed by atoms with Crippen molar-refractivity contribution in [1.29, 1.82) is 0 Å². The van der Waals surface area contributed by atoms with Gasteiger partial charge in [0, 0.05) is 17.1 Å². The minimum atomic E-state index is -0.232. The minimum Gasteiger partial charge on any atom is -0.494 e. The Labute approximate surface area is 182 Å². The fourth-order valence-corrected chi connectivity index (χ4v) is 3.56. The van der Waals surface area contributed by atoms with Gasteiger partial charge in [-0.3, -0.25) is 4.79 Å². The van der Waals surface area contributed by atoms with Crippen LogP contribution in [0.25, 0.3) is 11.0 Å². The van der Waals surface area contributed by atoms with Gasteiger partial charge in [-0.05, 0) is 69.5 Å². The molecule has 0 fully saturated rings. The Balaban J connectivity index is 1.73. The van der Waals surface area contributed by atoms with E-state index in [1.54, 1.807) is 6.92 Å². The summed E-state index contributed by atoms with van der Waals surface area (Å²) in [5.74, 6) is 1.48. The molecule has 30 heavy (non-hydrogen) atoms. The Hall–Kier alpha value is -2.79. The van der Waals surface area contributed by atoms with Gasteiger partial charge in [0.05, 0.1) is 23.7 Å². The molecule has 3 aromatic rings. The summed E-state index contributed by atoms with van der Waals surface area (Å²) in [6.07, 6.45) is 0.801. The monoisotopic (exact) mass is 425 g/mol. The Morgan fingerprint density at radius 2 is 1.93 bits per heavy atom. The molecule has 0 aliphatic heterocycles. The molecule has 0 aliphatic rings. The largest absolute Gasteiger partial charge is 0.494 e. The maximum Gasteiger partial charge on any atom is 0.246 e. The van der Waals surface area contributed by atoms with Crippen LogP contribution in [0.5, 0.6) is 5.75 Å². The average molecular weight is 426 g/mol. The first kappa shape index (κ1) is 21.9. The third-order valence-electron chi connectivity index (χ3n) is 5.01. The summed E-state index contributed by atoms with van der Waals surface area (Å²) in [6, 6.07) is 11.7. The van der Waals surface area contributed by atoms with Crippen LogP contribution < -0.4 is 10.1 Å². The third-order valence-corrected chi connectivity index (χ3v) is 5.61. The topological polar surface area (TPSA) is 56.2 Å². The van der Waals surface area contributed by atoms with Gasteiger partial charge in [-0.15, -0.1) is 0 Å². The SMILES string of the molecule is C=C(C)C(=O)NC(C)c1nc2ccccc2n1CCCOc1cc(C)c(Cl)c(C)c1. The number of para-hydroxylation sites is 2. The van der Waals surface area contributed by atoms with E-state index in [1.165, 1.54) is 0 Å². The number of ether oxygens (including phenoxy) is 1. The fraction of sp³-hybridized carbons (Fsp3) is 0.333. The van der Waals surface area contributed by atoms with Crippen molar-refractivity contribution >= 4 is 28.5 Å². The smallest absolute Gasteiger partial charge is 0.246 e. The van der Waals surface area contributed by atoms with Gasteiger partial charge in [0.15, 0.2) is 0 Å². The molecule has 6 heteroatoms. The Morgan fingerprint density at radius 3 is 2.60 bits per heavy atom. The van der Waals surface area contributed by atoms with Crippen LogP contribution in [0.15, 0.2) is 48.6 Å². The number of amides is 1. The number of benzene rings is 2. The molecular weight excluding hydrogens is 398 g/mol. The first-order valence-electron chi connectivity index (χ1n) is 10.1. The van der Waals surface area contributed by atoms with Crippen molar-refractivity contribution < 1.29 is 9.53 Å². The highest BCUT2D eigenvalue weighted by Gasteiger charge is 2.18. The molecule has 5 nitrogen and oxygen atoms in total. The molecule has 158 valence electrons. The van der Waals surface area contributed by atoms with Gasteiger partial charge in [-0.2, -0.15) is 0 Å². The highest BCUT2D eigenvalue weighted by Crippen LogP contribution is 2.26. The van der Waals surface area contributed by atoms with Gasteiger partial charge >= 0.3 is 0 Å². The first-order chi connectivity index (χ1) is 14.3. The number of carbonyl (C=O) groups is 1. The van der Waals surface area contributed by atoms with Crippen molar-refractivity contribution in [2.45, 2.75) is 46.7 Å². The normalized spacial score (nSPS) is 12.0. The van der Waals surface area contributed by atoms with E-state index in [-0.39, 0.29) is 11.9 Å². The number of nitrogens with one attached hydrogen (secondary N) is 1. The second-order valence-electron chi connectivity index (χ2n) is 7.66. The average Bonchev–Trinajstić information content (AvgIpc) is 3.08. The number of carbonyl (C=O) groups excluding carboxylic acids is 1. The number of rotatable bonds is 8. The molecule has 0 saturated heterocycles. The standard InChI is InChI=1S/C24H28ClN3O2/c1-15(2)24(29)26-18(5)23-27-20-9-6-7-10-21(20)28(23)11-8-12-30-19-13-16(3)22(25)17(4)14-19/h6-7,9-10,13-14,18H,1,8,11-12H2,2-5H3,(H,26,29). The van der Waals surface area contributed by atoms with Crippen molar-refractivity contribution in [3.63, 3.8) is 0 Å². The number of imidazole rings is 1. The molecule has 3 rings (SSSR count). The second-order valence-corrected chi connectivity index (χ2v) is 8.04. The number of aryl methyl sites for hydroxylation is 3. The lowest BCUT2D eigenvalue weighted by atomic mass is 10.1. The third kappa shape index (κ3) is 4.85. The van der Waals surface area contributed by atoms with Crippen molar-refractivity contribution in [1.82, 2.24) is 14.9 Å². The lowest BCUT2D eigenvalue weighted by molar-refractivity contribution is -0.118. The van der Waals surface area contributed by atoms with Crippen LogP contribution in [0.3, 0.4) is 0 Å². The summed E-state index contributed by atoms with van der Waals surface area (Å²) in [5.41, 5.74) is 4.45. The maximum absolute atomic E-state index is 12.1. The lowest BCUT2D eigenvalue weighted by Crippen LogP contribution is -2.29. The van der Waals surface area contributed by atoms with Gasteiger partial charge in [0.1, 0.15) is 11.6 Å². The van der Waals surface area contributed by atoms with Crippen molar-refractivity contribution in [2.75, 3.05) is 6.61 Å². The van der Waals surface area contributed by atoms with E-state index in [0.29, 0.717) is 12.2 Å². The van der Waals surface area contributed by atoms with Crippen LogP contribution in [0.1, 0.15) is 43.3 Å². The van der Waals surface area contributed by atoms with Crippen molar-refractivity contribution in [3.8, 4) is 5.75 Å². The number of nitrogens with zero attached hydrogens (tertiary/aromatic N) is 2. The Kier molecular flexibility index (Phi) is 6.83. The predicted molar refractivity (Wildman–Crippen MR) is 122 cm³/mol. The quantitative estimate of drug-likeness (QED) is 0.381. The first-order valence-corrected chi connectivity index (χ1v) is 10.5.